The molecule has 4 nitrogen and oxygen atoms in total. The lowest BCUT2D eigenvalue weighted by Crippen LogP contribution is -2.13. The summed E-state index contributed by atoms with van der Waals surface area (Å²) in [5.74, 6) is 0.437. The Hall–Kier alpha value is -1.68. The highest BCUT2D eigenvalue weighted by Gasteiger charge is 2.07. The molecule has 0 spiro atoms. The molecule has 3 N–H and O–H groups in total. The van der Waals surface area contributed by atoms with Gasteiger partial charge in [0.05, 0.1) is 13.5 Å². The number of aromatic nitrogens is 1. The molecule has 1 heterocycles. The summed E-state index contributed by atoms with van der Waals surface area (Å²) in [5, 5.41) is 0.980. The van der Waals surface area contributed by atoms with Crippen molar-refractivity contribution in [3.05, 3.63) is 30.0 Å². The van der Waals surface area contributed by atoms with E-state index in [0.717, 1.165) is 22.2 Å². The number of aromatic amines is 1. The molecule has 0 bridgehead atoms. The van der Waals surface area contributed by atoms with Gasteiger partial charge >= 0.3 is 0 Å². The van der Waals surface area contributed by atoms with Crippen LogP contribution in [0.1, 0.15) is 5.56 Å². The van der Waals surface area contributed by atoms with Crippen LogP contribution in [-0.4, -0.2) is 18.0 Å². The van der Waals surface area contributed by atoms with Crippen molar-refractivity contribution in [2.45, 2.75) is 6.42 Å². The lowest BCUT2D eigenvalue weighted by Gasteiger charge is -2.00. The van der Waals surface area contributed by atoms with Gasteiger partial charge in [-0.1, -0.05) is 0 Å². The van der Waals surface area contributed by atoms with Crippen LogP contribution in [0.3, 0.4) is 0 Å². The third kappa shape index (κ3) is 2.28. The number of H-pyrrole nitrogens is 1. The first kappa shape index (κ1) is 12.4. The van der Waals surface area contributed by atoms with Gasteiger partial charge in [0, 0.05) is 17.1 Å². The molecular formula is C11H13ClN2O2. The summed E-state index contributed by atoms with van der Waals surface area (Å²) in [6, 6.07) is 5.68. The molecule has 0 saturated carbocycles. The molecule has 2 aromatic rings. The van der Waals surface area contributed by atoms with E-state index in [4.69, 9.17) is 10.5 Å². The molecule has 0 aliphatic carbocycles. The molecule has 0 unspecified atom stereocenters. The van der Waals surface area contributed by atoms with Gasteiger partial charge in [0.2, 0.25) is 5.91 Å². The summed E-state index contributed by atoms with van der Waals surface area (Å²) in [7, 11) is 1.61. The van der Waals surface area contributed by atoms with Crippen LogP contribution in [-0.2, 0) is 11.2 Å². The maximum atomic E-state index is 10.8. The van der Waals surface area contributed by atoms with Crippen LogP contribution in [0.4, 0.5) is 0 Å². The Balaban J connectivity index is 0.00000128. The van der Waals surface area contributed by atoms with Gasteiger partial charge in [-0.25, -0.2) is 0 Å². The summed E-state index contributed by atoms with van der Waals surface area (Å²) >= 11 is 0. The Morgan fingerprint density at radius 1 is 1.50 bits per heavy atom. The van der Waals surface area contributed by atoms with E-state index < -0.39 is 0 Å². The van der Waals surface area contributed by atoms with Crippen LogP contribution in [0, 0.1) is 0 Å². The van der Waals surface area contributed by atoms with Crippen LogP contribution in [0.5, 0.6) is 5.75 Å². The summed E-state index contributed by atoms with van der Waals surface area (Å²) in [5.41, 5.74) is 7.04. The number of halogens is 1. The number of fused-ring (bicyclic) bond motifs is 1. The van der Waals surface area contributed by atoms with E-state index in [2.05, 4.69) is 4.98 Å². The van der Waals surface area contributed by atoms with Gasteiger partial charge in [0.25, 0.3) is 0 Å². The fraction of sp³-hybridized carbons (Fsp3) is 0.182. The van der Waals surface area contributed by atoms with E-state index >= 15 is 0 Å². The predicted molar refractivity (Wildman–Crippen MR) is 65.0 cm³/mol. The number of hydrogen-bond acceptors (Lipinski definition) is 2. The first-order chi connectivity index (χ1) is 7.20. The normalized spacial score (nSPS) is 9.81. The van der Waals surface area contributed by atoms with Crippen LogP contribution < -0.4 is 10.5 Å². The average Bonchev–Trinajstić information content (AvgIpc) is 2.60. The third-order valence-corrected chi connectivity index (χ3v) is 2.34. The molecule has 16 heavy (non-hydrogen) atoms. The van der Waals surface area contributed by atoms with Crippen molar-refractivity contribution in [2.24, 2.45) is 5.73 Å². The Labute approximate surface area is 99.2 Å². The number of amides is 1. The van der Waals surface area contributed by atoms with E-state index in [9.17, 15) is 4.79 Å². The van der Waals surface area contributed by atoms with E-state index in [1.54, 1.807) is 13.3 Å². The zero-order valence-corrected chi connectivity index (χ0v) is 9.64. The number of rotatable bonds is 3. The Morgan fingerprint density at radius 3 is 2.88 bits per heavy atom. The molecule has 86 valence electrons. The first-order valence-electron chi connectivity index (χ1n) is 4.63. The van der Waals surface area contributed by atoms with Gasteiger partial charge in [-0.15, -0.1) is 12.4 Å². The maximum Gasteiger partial charge on any atom is 0.221 e. The highest BCUT2D eigenvalue weighted by molar-refractivity contribution is 5.89. The van der Waals surface area contributed by atoms with Gasteiger partial charge in [-0.05, 0) is 23.8 Å². The number of carbonyl (C=O) groups is 1. The second kappa shape index (κ2) is 4.90. The summed E-state index contributed by atoms with van der Waals surface area (Å²) in [6.45, 7) is 0. The molecule has 5 heteroatoms. The fourth-order valence-corrected chi connectivity index (χ4v) is 1.62. The summed E-state index contributed by atoms with van der Waals surface area (Å²) in [6.07, 6.45) is 2.04. The van der Waals surface area contributed by atoms with Gasteiger partial charge in [0.1, 0.15) is 5.75 Å². The highest BCUT2D eigenvalue weighted by Crippen LogP contribution is 2.23. The van der Waals surface area contributed by atoms with E-state index in [1.165, 1.54) is 0 Å². The number of primary amides is 1. The molecule has 0 radical (unpaired) electrons. The molecule has 0 aliphatic heterocycles. The number of carbonyl (C=O) groups excluding carboxylic acids is 1. The smallest absolute Gasteiger partial charge is 0.221 e. The Kier molecular flexibility index (Phi) is 3.79. The molecule has 0 atom stereocenters. The zero-order chi connectivity index (χ0) is 10.8. The number of benzene rings is 1. The molecule has 1 aromatic heterocycles. The number of nitrogens with one attached hydrogen (secondary N) is 1. The van der Waals surface area contributed by atoms with Crippen molar-refractivity contribution < 1.29 is 9.53 Å². The van der Waals surface area contributed by atoms with Crippen molar-refractivity contribution in [3.8, 4) is 5.75 Å². The Morgan fingerprint density at radius 2 is 2.25 bits per heavy atom. The summed E-state index contributed by atoms with van der Waals surface area (Å²) < 4.78 is 5.12. The van der Waals surface area contributed by atoms with Crippen molar-refractivity contribution in [3.63, 3.8) is 0 Å². The van der Waals surface area contributed by atoms with Gasteiger partial charge in [0.15, 0.2) is 0 Å². The number of methoxy groups -OCH3 is 1. The topological polar surface area (TPSA) is 68.1 Å². The van der Waals surface area contributed by atoms with Crippen LogP contribution in [0.25, 0.3) is 10.9 Å². The van der Waals surface area contributed by atoms with Crippen LogP contribution >= 0.6 is 12.4 Å². The molecule has 0 aliphatic rings. The number of hydrogen-bond donors (Lipinski definition) is 2. The second-order valence-corrected chi connectivity index (χ2v) is 3.37. The number of ether oxygens (including phenoxy) is 1. The number of nitrogens with two attached hydrogens (primary N) is 1. The molecule has 0 fully saturated rings. The lowest BCUT2D eigenvalue weighted by atomic mass is 10.1. The fourth-order valence-electron chi connectivity index (χ4n) is 1.62. The second-order valence-electron chi connectivity index (χ2n) is 3.37. The average molecular weight is 241 g/mol. The van der Waals surface area contributed by atoms with Gasteiger partial charge < -0.3 is 15.5 Å². The van der Waals surface area contributed by atoms with E-state index in [0.29, 0.717) is 0 Å². The van der Waals surface area contributed by atoms with Crippen molar-refractivity contribution in [1.29, 1.82) is 0 Å². The summed E-state index contributed by atoms with van der Waals surface area (Å²) in [4.78, 5) is 13.9. The van der Waals surface area contributed by atoms with Crippen molar-refractivity contribution in [2.75, 3.05) is 7.11 Å². The predicted octanol–water partition coefficient (Wildman–Crippen LogP) is 1.63. The maximum absolute atomic E-state index is 10.8. The highest BCUT2D eigenvalue weighted by atomic mass is 35.5. The van der Waals surface area contributed by atoms with Crippen molar-refractivity contribution >= 4 is 29.2 Å². The minimum atomic E-state index is -0.335. The lowest BCUT2D eigenvalue weighted by molar-refractivity contribution is -0.117. The van der Waals surface area contributed by atoms with Crippen LogP contribution in [0.2, 0.25) is 0 Å². The minimum absolute atomic E-state index is 0. The van der Waals surface area contributed by atoms with E-state index in [-0.39, 0.29) is 24.7 Å². The molecule has 0 saturated heterocycles. The molecule has 2 rings (SSSR count). The largest absolute Gasteiger partial charge is 0.497 e. The molecule has 1 aromatic carbocycles. The SMILES string of the molecule is COc1ccc2[nH]cc(CC(N)=O)c2c1.Cl. The quantitative estimate of drug-likeness (QED) is 0.856. The van der Waals surface area contributed by atoms with Crippen molar-refractivity contribution in [1.82, 2.24) is 4.98 Å². The zero-order valence-electron chi connectivity index (χ0n) is 8.82. The first-order valence-corrected chi connectivity index (χ1v) is 4.63. The standard InChI is InChI=1S/C11H12N2O2.ClH/c1-15-8-2-3-10-9(5-8)7(6-13-10)4-11(12)14;/h2-3,5-6,13H,4H2,1H3,(H2,12,14);1H. The van der Waals surface area contributed by atoms with Crippen LogP contribution in [0.15, 0.2) is 24.4 Å². The Bertz CT molecular complexity index is 508. The molecule has 1 amide bonds. The van der Waals surface area contributed by atoms with Gasteiger partial charge in [-0.2, -0.15) is 0 Å². The monoisotopic (exact) mass is 240 g/mol. The van der Waals surface area contributed by atoms with E-state index in [1.807, 2.05) is 18.2 Å². The third-order valence-electron chi connectivity index (χ3n) is 2.34. The molecular weight excluding hydrogens is 228 g/mol. The minimum Gasteiger partial charge on any atom is -0.497 e. The van der Waals surface area contributed by atoms with Gasteiger partial charge in [-0.3, -0.25) is 4.79 Å².